The Morgan fingerprint density at radius 1 is 1.29 bits per heavy atom. The number of carbonyl (C=O) groups excluding carboxylic acids is 1. The number of fused-ring (bicyclic) bond motifs is 1. The molecular weight excluding hydrogens is 356 g/mol. The van der Waals surface area contributed by atoms with Gasteiger partial charge in [-0.25, -0.2) is 9.97 Å². The van der Waals surface area contributed by atoms with Gasteiger partial charge in [-0.2, -0.15) is 0 Å². The molecule has 7 heteroatoms. The number of hydrogen-bond acceptors (Lipinski definition) is 6. The lowest BCUT2D eigenvalue weighted by atomic mass is 9.82. The van der Waals surface area contributed by atoms with Crippen LogP contribution in [0.25, 0.3) is 11.0 Å². The van der Waals surface area contributed by atoms with Crippen LogP contribution in [0.4, 0.5) is 5.82 Å². The van der Waals surface area contributed by atoms with E-state index in [1.54, 1.807) is 6.33 Å². The van der Waals surface area contributed by atoms with E-state index in [9.17, 15) is 9.90 Å². The van der Waals surface area contributed by atoms with Crippen LogP contribution < -0.4 is 4.90 Å². The summed E-state index contributed by atoms with van der Waals surface area (Å²) in [7, 11) is 0. The van der Waals surface area contributed by atoms with Gasteiger partial charge in [-0.15, -0.1) is 0 Å². The van der Waals surface area contributed by atoms with Crippen LogP contribution in [0.3, 0.4) is 0 Å². The van der Waals surface area contributed by atoms with Crippen LogP contribution in [0.15, 0.2) is 18.6 Å². The molecule has 2 N–H and O–H groups in total. The van der Waals surface area contributed by atoms with Gasteiger partial charge < -0.3 is 19.7 Å². The van der Waals surface area contributed by atoms with E-state index in [0.717, 1.165) is 74.9 Å². The van der Waals surface area contributed by atoms with Crippen LogP contribution in [0.2, 0.25) is 0 Å². The number of H-pyrrole nitrogens is 1. The molecule has 0 unspecified atom stereocenters. The number of ether oxygens (including phenoxy) is 1. The minimum atomic E-state index is -0.200. The zero-order chi connectivity index (χ0) is 19.2. The average molecular weight is 384 g/mol. The molecular formula is C21H28N4O3. The highest BCUT2D eigenvalue weighted by Crippen LogP contribution is 2.56. The van der Waals surface area contributed by atoms with Crippen molar-refractivity contribution in [2.75, 3.05) is 31.2 Å². The number of aromatic nitrogens is 3. The highest BCUT2D eigenvalue weighted by atomic mass is 16.5. The largest absolute Gasteiger partial charge is 0.465 e. The van der Waals surface area contributed by atoms with Crippen molar-refractivity contribution < 1.29 is 14.6 Å². The SMILES string of the molecule is O=C(OCC1(CO)CCCC1)[C@@H]1CCN(c2ncnc3[nH]ccc23)CC12CC2. The Morgan fingerprint density at radius 2 is 2.11 bits per heavy atom. The molecule has 3 aliphatic rings. The molecule has 2 saturated carbocycles. The molecule has 3 fully saturated rings. The van der Waals surface area contributed by atoms with Gasteiger partial charge >= 0.3 is 5.97 Å². The van der Waals surface area contributed by atoms with Gasteiger partial charge in [0.2, 0.25) is 0 Å². The van der Waals surface area contributed by atoms with Crippen molar-refractivity contribution in [2.24, 2.45) is 16.7 Å². The maximum Gasteiger partial charge on any atom is 0.309 e. The molecule has 0 bridgehead atoms. The van der Waals surface area contributed by atoms with Crippen molar-refractivity contribution >= 4 is 22.8 Å². The highest BCUT2D eigenvalue weighted by Gasteiger charge is 2.56. The first-order valence-electron chi connectivity index (χ1n) is 10.5. The molecule has 5 rings (SSSR count). The van der Waals surface area contributed by atoms with Gasteiger partial charge in [0, 0.05) is 30.1 Å². The standard InChI is InChI=1S/C21H28N4O3/c26-12-20(5-1-2-6-20)13-28-19(27)16-4-10-25(11-21(16)7-8-21)18-15-3-9-22-17(15)23-14-24-18/h3,9,14,16,26H,1-2,4-8,10-13H2,(H,22,23,24)/t16-/m0/s1. The number of hydrogen-bond donors (Lipinski definition) is 2. The van der Waals surface area contributed by atoms with E-state index >= 15 is 0 Å². The lowest BCUT2D eigenvalue weighted by molar-refractivity contribution is -0.156. The second kappa shape index (κ2) is 6.72. The fraction of sp³-hybridized carbons (Fsp3) is 0.667. The third-order valence-corrected chi connectivity index (χ3v) is 7.26. The predicted octanol–water partition coefficient (Wildman–Crippen LogP) is 2.66. The van der Waals surface area contributed by atoms with E-state index in [1.807, 2.05) is 12.3 Å². The summed E-state index contributed by atoms with van der Waals surface area (Å²) >= 11 is 0. The molecule has 1 aliphatic heterocycles. The van der Waals surface area contributed by atoms with Crippen molar-refractivity contribution in [1.29, 1.82) is 0 Å². The molecule has 0 radical (unpaired) electrons. The van der Waals surface area contributed by atoms with Crippen LogP contribution in [0.5, 0.6) is 0 Å². The molecule has 1 atom stereocenters. The number of rotatable bonds is 5. The summed E-state index contributed by atoms with van der Waals surface area (Å²) in [5.74, 6) is 0.852. The van der Waals surface area contributed by atoms with Gasteiger partial charge in [-0.05, 0) is 38.2 Å². The summed E-state index contributed by atoms with van der Waals surface area (Å²) in [5, 5.41) is 10.8. The molecule has 1 saturated heterocycles. The van der Waals surface area contributed by atoms with Crippen LogP contribution in [0.1, 0.15) is 44.9 Å². The first-order valence-corrected chi connectivity index (χ1v) is 10.5. The van der Waals surface area contributed by atoms with Crippen LogP contribution in [-0.4, -0.2) is 52.3 Å². The predicted molar refractivity (Wildman–Crippen MR) is 105 cm³/mol. The van der Waals surface area contributed by atoms with Crippen molar-refractivity contribution in [3.8, 4) is 0 Å². The van der Waals surface area contributed by atoms with Crippen LogP contribution in [-0.2, 0) is 9.53 Å². The molecule has 2 aromatic heterocycles. The second-order valence-corrected chi connectivity index (χ2v) is 9.04. The Morgan fingerprint density at radius 3 is 2.86 bits per heavy atom. The average Bonchev–Trinajstić information content (AvgIpc) is 3.14. The maximum atomic E-state index is 12.9. The smallest absolute Gasteiger partial charge is 0.309 e. The Bertz CT molecular complexity index is 869. The normalized spacial score (nSPS) is 25.3. The molecule has 7 nitrogen and oxygen atoms in total. The molecule has 150 valence electrons. The van der Waals surface area contributed by atoms with Crippen molar-refractivity contribution in [1.82, 2.24) is 15.0 Å². The number of piperidine rings is 1. The lowest BCUT2D eigenvalue weighted by Crippen LogP contribution is -2.46. The number of carbonyl (C=O) groups is 1. The van der Waals surface area contributed by atoms with Crippen molar-refractivity contribution in [2.45, 2.75) is 44.9 Å². The third kappa shape index (κ3) is 2.96. The summed E-state index contributed by atoms with van der Waals surface area (Å²) < 4.78 is 5.79. The van der Waals surface area contributed by atoms with E-state index < -0.39 is 0 Å². The maximum absolute atomic E-state index is 12.9. The van der Waals surface area contributed by atoms with E-state index in [4.69, 9.17) is 4.74 Å². The van der Waals surface area contributed by atoms with E-state index in [2.05, 4.69) is 19.9 Å². The number of anilines is 1. The van der Waals surface area contributed by atoms with Crippen LogP contribution in [0, 0.1) is 16.7 Å². The summed E-state index contributed by atoms with van der Waals surface area (Å²) in [6.07, 6.45) is 10.6. The van der Waals surface area contributed by atoms with Gasteiger partial charge in [0.25, 0.3) is 0 Å². The highest BCUT2D eigenvalue weighted by molar-refractivity contribution is 5.87. The van der Waals surface area contributed by atoms with Gasteiger partial charge in [-0.3, -0.25) is 4.79 Å². The van der Waals surface area contributed by atoms with Gasteiger partial charge in [0.1, 0.15) is 17.8 Å². The van der Waals surface area contributed by atoms with Crippen molar-refractivity contribution in [3.05, 3.63) is 18.6 Å². The molecule has 28 heavy (non-hydrogen) atoms. The number of nitrogens with one attached hydrogen (secondary N) is 1. The monoisotopic (exact) mass is 384 g/mol. The van der Waals surface area contributed by atoms with Gasteiger partial charge in [0.05, 0.1) is 24.5 Å². The fourth-order valence-electron chi connectivity index (χ4n) is 5.28. The molecule has 3 heterocycles. The van der Waals surface area contributed by atoms with E-state index in [0.29, 0.717) is 6.61 Å². The minimum Gasteiger partial charge on any atom is -0.465 e. The quantitative estimate of drug-likeness (QED) is 0.770. The number of aliphatic hydroxyl groups is 1. The summed E-state index contributed by atoms with van der Waals surface area (Å²) in [6, 6.07) is 2.01. The van der Waals surface area contributed by atoms with E-state index in [1.165, 1.54) is 0 Å². The zero-order valence-electron chi connectivity index (χ0n) is 16.2. The van der Waals surface area contributed by atoms with E-state index in [-0.39, 0.29) is 29.3 Å². The Labute approximate surface area is 164 Å². The molecule has 0 aromatic carbocycles. The summed E-state index contributed by atoms with van der Waals surface area (Å²) in [6.45, 7) is 2.12. The number of nitrogens with zero attached hydrogens (tertiary/aromatic N) is 3. The zero-order valence-corrected chi connectivity index (χ0v) is 16.2. The molecule has 2 aromatic rings. The molecule has 1 spiro atoms. The molecule has 2 aliphatic carbocycles. The van der Waals surface area contributed by atoms with Gasteiger partial charge in [0.15, 0.2) is 0 Å². The summed E-state index contributed by atoms with van der Waals surface area (Å²) in [4.78, 5) is 27.2. The second-order valence-electron chi connectivity index (χ2n) is 9.04. The Balaban J connectivity index is 1.28. The van der Waals surface area contributed by atoms with Crippen LogP contribution >= 0.6 is 0 Å². The first kappa shape index (κ1) is 17.9. The third-order valence-electron chi connectivity index (χ3n) is 7.26. The molecule has 0 amide bonds. The lowest BCUT2D eigenvalue weighted by Gasteiger charge is -2.39. The summed E-state index contributed by atoms with van der Waals surface area (Å²) in [5.41, 5.74) is 0.668. The number of esters is 1. The fourth-order valence-corrected chi connectivity index (χ4v) is 5.28. The van der Waals surface area contributed by atoms with Crippen molar-refractivity contribution in [3.63, 3.8) is 0 Å². The first-order chi connectivity index (χ1) is 13.6. The Kier molecular flexibility index (Phi) is 4.30. The topological polar surface area (TPSA) is 91.3 Å². The number of aromatic amines is 1. The minimum absolute atomic E-state index is 0.0188. The number of aliphatic hydroxyl groups excluding tert-OH is 1. The Hall–Kier alpha value is -2.15. The van der Waals surface area contributed by atoms with Gasteiger partial charge in [-0.1, -0.05) is 12.8 Å².